The van der Waals surface area contributed by atoms with Crippen molar-refractivity contribution in [3.05, 3.63) is 52.4 Å². The van der Waals surface area contributed by atoms with Crippen LogP contribution in [0.3, 0.4) is 0 Å². The maximum atomic E-state index is 12.3. The highest BCUT2D eigenvalue weighted by Gasteiger charge is 2.30. The first-order valence-electron chi connectivity index (χ1n) is 8.62. The van der Waals surface area contributed by atoms with Crippen molar-refractivity contribution >= 4 is 29.0 Å². The molecular formula is C18H20N4O2S2. The van der Waals surface area contributed by atoms with Gasteiger partial charge in [-0.05, 0) is 43.3 Å². The number of nitrogens with one attached hydrogen (secondary N) is 1. The van der Waals surface area contributed by atoms with Crippen LogP contribution >= 0.6 is 23.1 Å². The van der Waals surface area contributed by atoms with Gasteiger partial charge in [0, 0.05) is 17.3 Å². The fourth-order valence-corrected chi connectivity index (χ4v) is 4.35. The second-order valence-electron chi connectivity index (χ2n) is 6.35. The smallest absolute Gasteiger partial charge is 0.231 e. The van der Waals surface area contributed by atoms with Crippen molar-refractivity contribution in [1.82, 2.24) is 20.1 Å². The first-order valence-corrected chi connectivity index (χ1v) is 10.5. The molecule has 3 heterocycles. The largest absolute Gasteiger partial charge is 0.467 e. The van der Waals surface area contributed by atoms with Gasteiger partial charge in [-0.1, -0.05) is 17.8 Å². The molecule has 3 aromatic rings. The molecule has 1 amide bonds. The molecule has 0 radical (unpaired) electrons. The van der Waals surface area contributed by atoms with E-state index in [1.165, 1.54) is 16.6 Å². The average Bonchev–Trinajstić information content (AvgIpc) is 3.08. The summed E-state index contributed by atoms with van der Waals surface area (Å²) in [6.07, 6.45) is 4.72. The second-order valence-corrected chi connectivity index (χ2v) is 8.32. The predicted octanol–water partition coefficient (Wildman–Crippen LogP) is 3.83. The van der Waals surface area contributed by atoms with Gasteiger partial charge in [0.2, 0.25) is 5.91 Å². The van der Waals surface area contributed by atoms with Crippen LogP contribution < -0.4 is 5.32 Å². The summed E-state index contributed by atoms with van der Waals surface area (Å²) in [4.78, 5) is 13.5. The van der Waals surface area contributed by atoms with Crippen molar-refractivity contribution < 1.29 is 9.21 Å². The number of thioether (sulfide) groups is 1. The van der Waals surface area contributed by atoms with Gasteiger partial charge in [-0.15, -0.1) is 21.5 Å². The zero-order valence-electron chi connectivity index (χ0n) is 14.4. The van der Waals surface area contributed by atoms with E-state index in [-0.39, 0.29) is 11.9 Å². The number of carbonyl (C=O) groups is 1. The lowest BCUT2D eigenvalue weighted by molar-refractivity contribution is -0.119. The van der Waals surface area contributed by atoms with Gasteiger partial charge in [0.25, 0.3) is 0 Å². The third-order valence-electron chi connectivity index (χ3n) is 4.24. The van der Waals surface area contributed by atoms with E-state index in [2.05, 4.69) is 37.6 Å². The maximum absolute atomic E-state index is 12.3. The normalized spacial score (nSPS) is 15.1. The Bertz CT molecular complexity index is 854. The van der Waals surface area contributed by atoms with Gasteiger partial charge >= 0.3 is 0 Å². The molecule has 1 atom stereocenters. The second kappa shape index (κ2) is 7.67. The van der Waals surface area contributed by atoms with Gasteiger partial charge in [0.05, 0.1) is 18.1 Å². The summed E-state index contributed by atoms with van der Waals surface area (Å²) in [5.74, 6) is 2.02. The Labute approximate surface area is 160 Å². The Kier molecular flexibility index (Phi) is 5.12. The average molecular weight is 389 g/mol. The highest BCUT2D eigenvalue weighted by atomic mass is 32.2. The van der Waals surface area contributed by atoms with Gasteiger partial charge in [0.15, 0.2) is 5.16 Å². The van der Waals surface area contributed by atoms with Gasteiger partial charge in [-0.25, -0.2) is 0 Å². The number of nitrogens with zero attached hydrogens (tertiary/aromatic N) is 3. The SMILES string of the molecule is C[C@@H](NC(=O)CSc1nnc(Cc2cccs2)n1C1CC1)c1ccco1. The minimum atomic E-state index is -0.145. The molecule has 0 spiro atoms. The number of thiophene rings is 1. The third kappa shape index (κ3) is 4.02. The van der Waals surface area contributed by atoms with Crippen molar-refractivity contribution in [3.8, 4) is 0 Å². The molecule has 0 aromatic carbocycles. The highest BCUT2D eigenvalue weighted by Crippen LogP contribution is 2.39. The van der Waals surface area contributed by atoms with Crippen LogP contribution in [-0.4, -0.2) is 26.4 Å². The number of furan rings is 1. The number of carbonyl (C=O) groups excluding carboxylic acids is 1. The Balaban J connectivity index is 1.38. The number of hydrogen-bond acceptors (Lipinski definition) is 6. The van der Waals surface area contributed by atoms with Crippen molar-refractivity contribution in [2.45, 2.75) is 43.4 Å². The quantitative estimate of drug-likeness (QED) is 0.594. The van der Waals surface area contributed by atoms with Crippen molar-refractivity contribution in [2.24, 2.45) is 0 Å². The molecule has 1 fully saturated rings. The highest BCUT2D eigenvalue weighted by molar-refractivity contribution is 7.99. The number of amides is 1. The molecule has 0 bridgehead atoms. The summed E-state index contributed by atoms with van der Waals surface area (Å²) < 4.78 is 7.54. The standard InChI is InChI=1S/C18H20N4O2S2/c1-12(15-5-2-8-24-15)19-17(23)11-26-18-21-20-16(22(18)13-6-7-13)10-14-4-3-9-25-14/h2-5,8-9,12-13H,6-7,10-11H2,1H3,(H,19,23)/t12-/m1/s1. The summed E-state index contributed by atoms with van der Waals surface area (Å²) in [6.45, 7) is 1.91. The van der Waals surface area contributed by atoms with Crippen LogP contribution in [0.15, 0.2) is 45.5 Å². The van der Waals surface area contributed by atoms with Crippen LogP contribution in [0.1, 0.15) is 48.3 Å². The van der Waals surface area contributed by atoms with E-state index in [9.17, 15) is 4.79 Å². The Morgan fingerprint density at radius 1 is 1.42 bits per heavy atom. The molecule has 3 aromatic heterocycles. The molecule has 1 saturated carbocycles. The van der Waals surface area contributed by atoms with Gasteiger partial charge in [0.1, 0.15) is 11.6 Å². The fraction of sp³-hybridized carbons (Fsp3) is 0.389. The molecule has 26 heavy (non-hydrogen) atoms. The first-order chi connectivity index (χ1) is 12.7. The molecule has 6 nitrogen and oxygen atoms in total. The minimum absolute atomic E-state index is 0.0379. The molecule has 1 N–H and O–H groups in total. The van der Waals surface area contributed by atoms with Crippen molar-refractivity contribution in [1.29, 1.82) is 0 Å². The lowest BCUT2D eigenvalue weighted by Gasteiger charge is -2.11. The lowest BCUT2D eigenvalue weighted by Crippen LogP contribution is -2.28. The maximum Gasteiger partial charge on any atom is 0.231 e. The monoisotopic (exact) mass is 388 g/mol. The summed E-state index contributed by atoms with van der Waals surface area (Å²) in [5, 5.41) is 14.6. The molecule has 8 heteroatoms. The van der Waals surface area contributed by atoms with Crippen LogP contribution in [0.4, 0.5) is 0 Å². The van der Waals surface area contributed by atoms with E-state index in [0.29, 0.717) is 11.8 Å². The topological polar surface area (TPSA) is 73.0 Å². The molecule has 1 aliphatic carbocycles. The summed E-state index contributed by atoms with van der Waals surface area (Å²) in [6, 6.07) is 8.19. The van der Waals surface area contributed by atoms with E-state index >= 15 is 0 Å². The van der Waals surface area contributed by atoms with E-state index in [4.69, 9.17) is 4.42 Å². The number of hydrogen-bond donors (Lipinski definition) is 1. The summed E-state index contributed by atoms with van der Waals surface area (Å²) >= 11 is 3.18. The first kappa shape index (κ1) is 17.4. The molecule has 0 unspecified atom stereocenters. The Morgan fingerprint density at radius 2 is 2.31 bits per heavy atom. The minimum Gasteiger partial charge on any atom is -0.467 e. The zero-order chi connectivity index (χ0) is 17.9. The van der Waals surface area contributed by atoms with E-state index in [0.717, 1.165) is 36.0 Å². The van der Waals surface area contributed by atoms with Gasteiger partial charge < -0.3 is 14.3 Å². The van der Waals surface area contributed by atoms with Gasteiger partial charge in [-0.2, -0.15) is 0 Å². The van der Waals surface area contributed by atoms with Crippen LogP contribution in [0.2, 0.25) is 0 Å². The summed E-state index contributed by atoms with van der Waals surface area (Å²) in [7, 11) is 0. The van der Waals surface area contributed by atoms with Crippen LogP contribution in [0.25, 0.3) is 0 Å². The Hall–Kier alpha value is -2.06. The van der Waals surface area contributed by atoms with E-state index < -0.39 is 0 Å². The number of rotatable bonds is 8. The third-order valence-corrected chi connectivity index (χ3v) is 6.06. The molecule has 4 rings (SSSR count). The van der Waals surface area contributed by atoms with E-state index in [1.807, 2.05) is 19.1 Å². The molecule has 0 aliphatic heterocycles. The zero-order valence-corrected chi connectivity index (χ0v) is 16.1. The van der Waals surface area contributed by atoms with Gasteiger partial charge in [-0.3, -0.25) is 4.79 Å². The van der Waals surface area contributed by atoms with E-state index in [1.54, 1.807) is 17.6 Å². The van der Waals surface area contributed by atoms with Crippen LogP contribution in [-0.2, 0) is 11.2 Å². The molecule has 1 aliphatic rings. The Morgan fingerprint density at radius 3 is 3.00 bits per heavy atom. The van der Waals surface area contributed by atoms with Crippen molar-refractivity contribution in [3.63, 3.8) is 0 Å². The molecule has 136 valence electrons. The van der Waals surface area contributed by atoms with Crippen molar-refractivity contribution in [2.75, 3.05) is 5.75 Å². The van der Waals surface area contributed by atoms with Crippen LogP contribution in [0, 0.1) is 0 Å². The lowest BCUT2D eigenvalue weighted by atomic mass is 10.2. The number of aromatic nitrogens is 3. The summed E-state index contributed by atoms with van der Waals surface area (Å²) in [5.41, 5.74) is 0. The van der Waals surface area contributed by atoms with Crippen LogP contribution in [0.5, 0.6) is 0 Å². The molecule has 0 saturated heterocycles. The predicted molar refractivity (Wildman–Crippen MR) is 101 cm³/mol. The molecular weight excluding hydrogens is 368 g/mol. The fourth-order valence-electron chi connectivity index (χ4n) is 2.82.